The van der Waals surface area contributed by atoms with E-state index >= 15 is 0 Å². The molecular weight excluding hydrogens is 762 g/mol. The number of hydrogen-bond donors (Lipinski definition) is 0. The lowest BCUT2D eigenvalue weighted by molar-refractivity contribution is -0.00000503. The maximum atomic E-state index is 4.86. The van der Waals surface area contributed by atoms with E-state index in [2.05, 4.69) is 56.3 Å². The van der Waals surface area contributed by atoms with Gasteiger partial charge in [-0.05, 0) is 24.0 Å². The lowest BCUT2D eigenvalue weighted by atomic mass is 9.98. The van der Waals surface area contributed by atoms with Crippen LogP contribution in [0.1, 0.15) is 31.7 Å². The quantitative estimate of drug-likeness (QED) is 0.224. The Morgan fingerprint density at radius 1 is 0.957 bits per heavy atom. The molecule has 3 rings (SSSR count). The monoisotopic (exact) mass is 783 g/mol. The smallest absolute Gasteiger partial charge is 0.257 e. The summed E-state index contributed by atoms with van der Waals surface area (Å²) in [6.45, 7) is 4.50. The molecule has 1 unspecified atom stereocenters. The van der Waals surface area contributed by atoms with Gasteiger partial charge in [-0.25, -0.2) is 4.98 Å². The Hall–Kier alpha value is 1.34. The summed E-state index contributed by atoms with van der Waals surface area (Å²) in [4.78, 5) is 4.86. The lowest BCUT2D eigenvalue weighted by Crippen LogP contribution is -3.00. The van der Waals surface area contributed by atoms with Crippen LogP contribution in [0.4, 0.5) is 0 Å². The Kier molecular flexibility index (Phi) is 17.1. The fraction of sp³-hybridized carbons (Fsp3) is 0.250. The second-order valence-corrected chi connectivity index (χ2v) is 5.77. The zero-order valence-electron chi connectivity index (χ0n) is 12.8. The van der Waals surface area contributed by atoms with Crippen LogP contribution in [0.3, 0.4) is 0 Å². The van der Waals surface area contributed by atoms with Crippen molar-refractivity contribution < 1.29 is 29.5 Å². The molecule has 0 amide bonds. The van der Waals surface area contributed by atoms with Crippen molar-refractivity contribution in [3.8, 4) is 0 Å². The molecule has 0 aliphatic rings. The van der Waals surface area contributed by atoms with Crippen molar-refractivity contribution >= 4 is 104 Å². The summed E-state index contributed by atoms with van der Waals surface area (Å²) >= 11 is 1.83. The maximum Gasteiger partial charge on any atom is 0.257 e. The minimum atomic E-state index is 0. The van der Waals surface area contributed by atoms with E-state index in [9.17, 15) is 0 Å². The zero-order chi connectivity index (χ0) is 12.5. The Morgan fingerprint density at radius 3 is 2.22 bits per heavy atom. The molecule has 2 nitrogen and oxygen atoms in total. The van der Waals surface area contributed by atoms with Crippen LogP contribution < -0.4 is 24.0 Å². The number of aromatic nitrogens is 1. The fourth-order valence-corrected chi connectivity index (χ4v) is 3.24. The minimum Gasteiger partial charge on any atom is -1.00 e. The van der Waals surface area contributed by atoms with E-state index in [-0.39, 0.29) is 101 Å². The molecule has 3 aromatic rings. The lowest BCUT2D eigenvalue weighted by Gasteiger charge is -2.09. The molecule has 2 N–H and O–H groups in total. The molecule has 0 radical (unpaired) electrons. The third-order valence-corrected chi connectivity index (χ3v) is 4.61. The van der Waals surface area contributed by atoms with Gasteiger partial charge < -0.3 is 29.5 Å². The van der Waals surface area contributed by atoms with Gasteiger partial charge in [0.25, 0.3) is 9.40 Å². The first-order valence-corrected chi connectivity index (χ1v) is 7.22. The van der Waals surface area contributed by atoms with Gasteiger partial charge in [-0.15, -0.1) is 71.9 Å². The molecule has 0 aliphatic heterocycles. The predicted octanol–water partition coefficient (Wildman–Crippen LogP) is 3.28. The van der Waals surface area contributed by atoms with E-state index < -0.39 is 0 Å². The summed E-state index contributed by atoms with van der Waals surface area (Å²) in [6, 6.07) is 14.9. The van der Waals surface area contributed by atoms with E-state index in [1.54, 1.807) is 0 Å². The summed E-state index contributed by atoms with van der Waals surface area (Å²) in [5, 5.41) is 0. The van der Waals surface area contributed by atoms with Crippen LogP contribution in [-0.2, 0) is 0 Å². The van der Waals surface area contributed by atoms with Crippen molar-refractivity contribution in [3.63, 3.8) is 0 Å². The molecule has 0 spiro atoms. The topological polar surface area (TPSA) is 44.4 Å². The van der Waals surface area contributed by atoms with Crippen molar-refractivity contribution in [1.82, 2.24) is 4.98 Å². The van der Waals surface area contributed by atoms with Crippen molar-refractivity contribution in [2.45, 2.75) is 26.2 Å². The average molecular weight is 783 g/mol. The number of benzene rings is 2. The Balaban J connectivity index is -0.000000800. The highest BCUT2D eigenvalue weighted by molar-refractivity contribution is 14.0. The van der Waals surface area contributed by atoms with Crippen LogP contribution in [0.2, 0.25) is 0 Å². The van der Waals surface area contributed by atoms with Gasteiger partial charge in [-0.2, -0.15) is 0 Å². The number of rotatable bonds is 2. The molecule has 130 valence electrons. The maximum absolute atomic E-state index is 4.86. The van der Waals surface area contributed by atoms with Gasteiger partial charge in [-0.1, -0.05) is 38.1 Å². The predicted molar refractivity (Wildman–Crippen MR) is 130 cm³/mol. The molecule has 0 fully saturated rings. The SMILES string of the molecule is CCC(C)c1cccc2[s+]c3ccccc3nc12.I.I.I.O.[I-]. The van der Waals surface area contributed by atoms with Crippen LogP contribution in [0.5, 0.6) is 0 Å². The van der Waals surface area contributed by atoms with E-state index in [4.69, 9.17) is 4.98 Å². The van der Waals surface area contributed by atoms with Gasteiger partial charge in [0.15, 0.2) is 0 Å². The van der Waals surface area contributed by atoms with Crippen LogP contribution in [0.15, 0.2) is 42.5 Å². The van der Waals surface area contributed by atoms with Crippen molar-refractivity contribution in [1.29, 1.82) is 0 Å². The highest BCUT2D eigenvalue weighted by Gasteiger charge is 2.16. The molecule has 1 aromatic heterocycles. The molecule has 0 saturated heterocycles. The molecule has 7 heteroatoms. The molecule has 23 heavy (non-hydrogen) atoms. The first-order valence-electron chi connectivity index (χ1n) is 6.41. The minimum absolute atomic E-state index is 0. The number of nitrogens with zero attached hydrogens (tertiary/aromatic N) is 1. The molecule has 0 saturated carbocycles. The van der Waals surface area contributed by atoms with Gasteiger partial charge in [0.2, 0.25) is 11.3 Å². The molecule has 1 heterocycles. The Bertz CT molecular complexity index is 727. The number of halogens is 4. The van der Waals surface area contributed by atoms with E-state index in [1.165, 1.54) is 20.5 Å². The third kappa shape index (κ3) is 6.53. The summed E-state index contributed by atoms with van der Waals surface area (Å²) < 4.78 is 2.54. The largest absolute Gasteiger partial charge is 1.00 e. The Morgan fingerprint density at radius 2 is 1.57 bits per heavy atom. The van der Waals surface area contributed by atoms with Gasteiger partial charge in [-0.3, -0.25) is 0 Å². The van der Waals surface area contributed by atoms with Crippen molar-refractivity contribution in [2.24, 2.45) is 0 Å². The van der Waals surface area contributed by atoms with Crippen molar-refractivity contribution in [3.05, 3.63) is 48.0 Å². The molecule has 1 atom stereocenters. The van der Waals surface area contributed by atoms with Crippen LogP contribution in [0.25, 0.3) is 20.4 Å². The average Bonchev–Trinajstić information content (AvgIpc) is 2.43. The zero-order valence-corrected chi connectivity index (χ0v) is 22.7. The second kappa shape index (κ2) is 13.5. The van der Waals surface area contributed by atoms with Gasteiger partial charge in [0.1, 0.15) is 11.0 Å². The highest BCUT2D eigenvalue weighted by Crippen LogP contribution is 2.31. The Labute approximate surface area is 209 Å². The molecular formula is C16H21I4NOS. The van der Waals surface area contributed by atoms with Gasteiger partial charge in [0.05, 0.1) is 0 Å². The molecule has 0 aliphatic carbocycles. The standard InChI is InChI=1S/C16H16NS.4HI.H2O/c1-3-11(2)12-7-6-10-15-16(12)17-13-8-4-5-9-14(13)18-15;;;;;/h4-11H,3H2,1-2H3;4*1H;1H2/q+1;;;;;/p-1. The first-order chi connectivity index (χ1) is 8.79. The molecule has 0 bridgehead atoms. The van der Waals surface area contributed by atoms with Crippen molar-refractivity contribution in [2.75, 3.05) is 0 Å². The van der Waals surface area contributed by atoms with E-state index in [0.717, 1.165) is 11.9 Å². The number of para-hydroxylation sites is 2. The number of fused-ring (bicyclic) bond motifs is 2. The summed E-state index contributed by atoms with van der Waals surface area (Å²) in [6.07, 6.45) is 1.15. The second-order valence-electron chi connectivity index (χ2n) is 4.68. The van der Waals surface area contributed by atoms with Crippen LogP contribution in [-0.4, -0.2) is 10.5 Å². The van der Waals surface area contributed by atoms with E-state index in [0.29, 0.717) is 5.92 Å². The van der Waals surface area contributed by atoms with Gasteiger partial charge >= 0.3 is 0 Å². The third-order valence-electron chi connectivity index (χ3n) is 3.49. The van der Waals surface area contributed by atoms with Gasteiger partial charge in [0, 0.05) is 12.1 Å². The highest BCUT2D eigenvalue weighted by atomic mass is 127. The molecule has 2 aromatic carbocycles. The number of hydrogen-bond acceptors (Lipinski definition) is 1. The van der Waals surface area contributed by atoms with Crippen LogP contribution >= 0.6 is 83.3 Å². The van der Waals surface area contributed by atoms with Crippen LogP contribution in [0, 0.1) is 0 Å². The summed E-state index contributed by atoms with van der Waals surface area (Å²) in [7, 11) is 0. The summed E-state index contributed by atoms with van der Waals surface area (Å²) in [5.74, 6) is 0.564. The fourth-order valence-electron chi connectivity index (χ4n) is 2.23. The summed E-state index contributed by atoms with van der Waals surface area (Å²) in [5.41, 5.74) is 3.65. The normalized spacial score (nSPS) is 10.2. The van der Waals surface area contributed by atoms with E-state index in [1.807, 2.05) is 11.3 Å². The first kappa shape index (κ1) is 29.1.